The third kappa shape index (κ3) is 1.52. The minimum absolute atomic E-state index is 0.654. The van der Waals surface area contributed by atoms with Gasteiger partial charge in [-0.15, -0.1) is 0 Å². The van der Waals surface area contributed by atoms with E-state index in [2.05, 4.69) is 17.0 Å². The molecule has 0 saturated carbocycles. The lowest BCUT2D eigenvalue weighted by atomic mass is 9.93. The zero-order valence-electron chi connectivity index (χ0n) is 9.32. The number of fused-ring (bicyclic) bond motifs is 3. The molecule has 0 spiro atoms. The molecule has 3 heteroatoms. The van der Waals surface area contributed by atoms with Crippen LogP contribution in [-0.4, -0.2) is 19.1 Å². The molecule has 86 valence electrons. The molecule has 2 nitrogen and oxygen atoms in total. The van der Waals surface area contributed by atoms with E-state index in [1.165, 1.54) is 24.1 Å². The van der Waals surface area contributed by atoms with E-state index in [1.807, 2.05) is 6.07 Å². The standard InChI is InChI=1S/C13H17ClN2/c14-12-2-1-3-13-11(12)6-10-5-4-9(7-15)8-16(10)13/h1-3,9-10H,4-8,15H2. The molecule has 0 amide bonds. The first-order valence-corrected chi connectivity index (χ1v) is 6.41. The number of halogens is 1. The Morgan fingerprint density at radius 1 is 1.38 bits per heavy atom. The van der Waals surface area contributed by atoms with Gasteiger partial charge in [0.25, 0.3) is 0 Å². The van der Waals surface area contributed by atoms with E-state index in [4.69, 9.17) is 17.3 Å². The van der Waals surface area contributed by atoms with Gasteiger partial charge in [-0.2, -0.15) is 0 Å². The molecule has 0 bridgehead atoms. The molecule has 1 aromatic rings. The molecule has 1 saturated heterocycles. The summed E-state index contributed by atoms with van der Waals surface area (Å²) < 4.78 is 0. The zero-order chi connectivity index (χ0) is 11.1. The summed E-state index contributed by atoms with van der Waals surface area (Å²) in [5.74, 6) is 0.654. The fraction of sp³-hybridized carbons (Fsp3) is 0.538. The van der Waals surface area contributed by atoms with Gasteiger partial charge in [-0.1, -0.05) is 17.7 Å². The second kappa shape index (κ2) is 3.94. The lowest BCUT2D eigenvalue weighted by Crippen LogP contribution is -2.43. The molecule has 1 aromatic carbocycles. The maximum Gasteiger partial charge on any atom is 0.0459 e. The molecular formula is C13H17ClN2. The van der Waals surface area contributed by atoms with Crippen LogP contribution in [0.3, 0.4) is 0 Å². The molecule has 2 aliphatic heterocycles. The summed E-state index contributed by atoms with van der Waals surface area (Å²) in [5.41, 5.74) is 8.47. The third-order valence-corrected chi connectivity index (χ3v) is 4.33. The second-order valence-corrected chi connectivity index (χ2v) is 5.33. The monoisotopic (exact) mass is 236 g/mol. The van der Waals surface area contributed by atoms with Crippen molar-refractivity contribution in [3.63, 3.8) is 0 Å². The van der Waals surface area contributed by atoms with Gasteiger partial charge < -0.3 is 10.6 Å². The van der Waals surface area contributed by atoms with E-state index in [1.54, 1.807) is 0 Å². The number of anilines is 1. The van der Waals surface area contributed by atoms with Gasteiger partial charge in [0.2, 0.25) is 0 Å². The molecular weight excluding hydrogens is 220 g/mol. The summed E-state index contributed by atoms with van der Waals surface area (Å²) in [5, 5.41) is 0.927. The minimum Gasteiger partial charge on any atom is -0.368 e. The SMILES string of the molecule is NCC1CCC2Cc3c(Cl)cccc3N2C1. The summed E-state index contributed by atoms with van der Waals surface area (Å²) in [6, 6.07) is 6.91. The van der Waals surface area contributed by atoms with E-state index < -0.39 is 0 Å². The maximum absolute atomic E-state index is 6.25. The molecule has 2 N–H and O–H groups in total. The van der Waals surface area contributed by atoms with Gasteiger partial charge >= 0.3 is 0 Å². The van der Waals surface area contributed by atoms with Gasteiger partial charge in [-0.05, 0) is 49.4 Å². The largest absolute Gasteiger partial charge is 0.368 e. The third-order valence-electron chi connectivity index (χ3n) is 3.98. The number of piperidine rings is 1. The van der Waals surface area contributed by atoms with E-state index >= 15 is 0 Å². The van der Waals surface area contributed by atoms with Gasteiger partial charge in [0.05, 0.1) is 0 Å². The molecule has 0 aliphatic carbocycles. The van der Waals surface area contributed by atoms with Crippen LogP contribution in [0.2, 0.25) is 5.02 Å². The Balaban J connectivity index is 1.94. The van der Waals surface area contributed by atoms with Gasteiger partial charge in [-0.3, -0.25) is 0 Å². The predicted octanol–water partition coefficient (Wildman–Crippen LogP) is 2.44. The van der Waals surface area contributed by atoms with E-state index in [-0.39, 0.29) is 0 Å². The second-order valence-electron chi connectivity index (χ2n) is 4.93. The van der Waals surface area contributed by atoms with Crippen LogP contribution < -0.4 is 10.6 Å². The number of rotatable bonds is 1. The number of hydrogen-bond donors (Lipinski definition) is 1. The number of hydrogen-bond acceptors (Lipinski definition) is 2. The van der Waals surface area contributed by atoms with Crippen molar-refractivity contribution >= 4 is 17.3 Å². The molecule has 2 heterocycles. The van der Waals surface area contributed by atoms with Crippen LogP contribution in [-0.2, 0) is 6.42 Å². The van der Waals surface area contributed by atoms with Crippen LogP contribution in [0.5, 0.6) is 0 Å². The smallest absolute Gasteiger partial charge is 0.0459 e. The molecule has 16 heavy (non-hydrogen) atoms. The van der Waals surface area contributed by atoms with E-state index in [0.717, 1.165) is 24.5 Å². The summed E-state index contributed by atoms with van der Waals surface area (Å²) >= 11 is 6.25. The Bertz CT molecular complexity index is 405. The molecule has 2 atom stereocenters. The van der Waals surface area contributed by atoms with Crippen molar-refractivity contribution in [2.24, 2.45) is 11.7 Å². The maximum atomic E-state index is 6.25. The fourth-order valence-electron chi connectivity index (χ4n) is 3.06. The van der Waals surface area contributed by atoms with Crippen molar-refractivity contribution in [3.8, 4) is 0 Å². The first-order chi connectivity index (χ1) is 7.79. The van der Waals surface area contributed by atoms with Crippen LogP contribution in [0.15, 0.2) is 18.2 Å². The minimum atomic E-state index is 0.654. The summed E-state index contributed by atoms with van der Waals surface area (Å²) in [6.45, 7) is 1.91. The average molecular weight is 237 g/mol. The van der Waals surface area contributed by atoms with Crippen LogP contribution in [0, 0.1) is 5.92 Å². The van der Waals surface area contributed by atoms with Gasteiger partial charge in [0.15, 0.2) is 0 Å². The van der Waals surface area contributed by atoms with E-state index in [9.17, 15) is 0 Å². The normalized spacial score (nSPS) is 27.8. The van der Waals surface area contributed by atoms with Crippen molar-refractivity contribution in [3.05, 3.63) is 28.8 Å². The van der Waals surface area contributed by atoms with E-state index in [0.29, 0.717) is 12.0 Å². The Kier molecular flexibility index (Phi) is 2.56. The fourth-order valence-corrected chi connectivity index (χ4v) is 3.30. The summed E-state index contributed by atoms with van der Waals surface area (Å²) in [4.78, 5) is 2.52. The molecule has 2 aliphatic rings. The van der Waals surface area contributed by atoms with Crippen molar-refractivity contribution in [1.82, 2.24) is 0 Å². The number of nitrogens with zero attached hydrogens (tertiary/aromatic N) is 1. The topological polar surface area (TPSA) is 29.3 Å². The molecule has 1 fully saturated rings. The van der Waals surface area contributed by atoms with Crippen LogP contribution in [0.25, 0.3) is 0 Å². The van der Waals surface area contributed by atoms with Crippen LogP contribution >= 0.6 is 11.6 Å². The molecule has 0 aromatic heterocycles. The number of benzene rings is 1. The lowest BCUT2D eigenvalue weighted by Gasteiger charge is -2.36. The Labute approximate surface area is 101 Å². The summed E-state index contributed by atoms with van der Waals surface area (Å²) in [6.07, 6.45) is 3.64. The highest BCUT2D eigenvalue weighted by Gasteiger charge is 2.35. The van der Waals surface area contributed by atoms with Gasteiger partial charge in [0.1, 0.15) is 0 Å². The highest BCUT2D eigenvalue weighted by molar-refractivity contribution is 6.31. The quantitative estimate of drug-likeness (QED) is 0.812. The highest BCUT2D eigenvalue weighted by Crippen LogP contribution is 2.41. The van der Waals surface area contributed by atoms with Crippen molar-refractivity contribution < 1.29 is 0 Å². The van der Waals surface area contributed by atoms with Gasteiger partial charge in [0, 0.05) is 23.3 Å². The molecule has 3 rings (SSSR count). The zero-order valence-corrected chi connectivity index (χ0v) is 10.1. The first-order valence-electron chi connectivity index (χ1n) is 6.03. The Morgan fingerprint density at radius 2 is 2.25 bits per heavy atom. The lowest BCUT2D eigenvalue weighted by molar-refractivity contribution is 0.372. The van der Waals surface area contributed by atoms with Crippen LogP contribution in [0.1, 0.15) is 18.4 Å². The van der Waals surface area contributed by atoms with Crippen molar-refractivity contribution in [2.45, 2.75) is 25.3 Å². The first kappa shape index (κ1) is 10.4. The van der Waals surface area contributed by atoms with Crippen molar-refractivity contribution in [2.75, 3.05) is 18.0 Å². The highest BCUT2D eigenvalue weighted by atomic mass is 35.5. The molecule has 2 unspecified atom stereocenters. The average Bonchev–Trinajstić information content (AvgIpc) is 2.68. The van der Waals surface area contributed by atoms with Gasteiger partial charge in [-0.25, -0.2) is 0 Å². The Hall–Kier alpha value is -0.730. The van der Waals surface area contributed by atoms with Crippen molar-refractivity contribution in [1.29, 1.82) is 0 Å². The molecule has 0 radical (unpaired) electrons. The summed E-state index contributed by atoms with van der Waals surface area (Å²) in [7, 11) is 0. The Morgan fingerprint density at radius 3 is 3.06 bits per heavy atom. The number of nitrogens with two attached hydrogens (primary N) is 1. The van der Waals surface area contributed by atoms with Crippen LogP contribution in [0.4, 0.5) is 5.69 Å². The predicted molar refractivity (Wildman–Crippen MR) is 68.1 cm³/mol.